The Labute approximate surface area is 140 Å². The predicted octanol–water partition coefficient (Wildman–Crippen LogP) is 3.76. The lowest BCUT2D eigenvalue weighted by molar-refractivity contribution is 0.0698. The molecule has 0 bridgehead atoms. The fourth-order valence-corrected chi connectivity index (χ4v) is 3.63. The molecule has 0 aliphatic rings. The van der Waals surface area contributed by atoms with Crippen molar-refractivity contribution >= 4 is 33.3 Å². The molecule has 0 saturated carbocycles. The zero-order valence-electron chi connectivity index (χ0n) is 12.8. The summed E-state index contributed by atoms with van der Waals surface area (Å²) in [5.74, 6) is -1.20. The van der Waals surface area contributed by atoms with E-state index in [4.69, 9.17) is 11.6 Å². The van der Waals surface area contributed by atoms with Gasteiger partial charge in [0, 0.05) is 5.02 Å². The van der Waals surface area contributed by atoms with Crippen LogP contribution in [-0.4, -0.2) is 19.5 Å². The Hall–Kier alpha value is -2.05. The average molecular weight is 354 g/mol. The number of aryl methyl sites for hydroxylation is 3. The van der Waals surface area contributed by atoms with Gasteiger partial charge in [-0.25, -0.2) is 13.2 Å². The summed E-state index contributed by atoms with van der Waals surface area (Å²) < 4.78 is 27.4. The van der Waals surface area contributed by atoms with Gasteiger partial charge in [0.2, 0.25) is 0 Å². The number of rotatable bonds is 4. The standard InChI is InChI=1S/C16H16ClNO4S/c1-9-6-11(3)15(13(7-9)16(19)20)18-23(21,22)12-5-4-10(2)14(17)8-12/h4-8,18H,1-3H3,(H,19,20). The van der Waals surface area contributed by atoms with Crippen molar-refractivity contribution in [2.75, 3.05) is 4.72 Å². The molecule has 2 aromatic rings. The fraction of sp³-hybridized carbons (Fsp3) is 0.188. The number of anilines is 1. The average Bonchev–Trinajstić information content (AvgIpc) is 2.44. The minimum Gasteiger partial charge on any atom is -0.478 e. The van der Waals surface area contributed by atoms with Gasteiger partial charge in [-0.2, -0.15) is 0 Å². The number of carboxylic acid groups (broad SMARTS) is 1. The molecule has 0 aliphatic heterocycles. The van der Waals surface area contributed by atoms with Crippen molar-refractivity contribution in [1.29, 1.82) is 0 Å². The maximum absolute atomic E-state index is 12.5. The first-order chi connectivity index (χ1) is 10.6. The monoisotopic (exact) mass is 353 g/mol. The quantitative estimate of drug-likeness (QED) is 0.876. The maximum atomic E-state index is 12.5. The first-order valence-electron chi connectivity index (χ1n) is 6.75. The molecule has 2 aromatic carbocycles. The summed E-state index contributed by atoms with van der Waals surface area (Å²) in [5.41, 5.74) is 1.98. The molecule has 0 unspecified atom stereocenters. The summed E-state index contributed by atoms with van der Waals surface area (Å²) in [5, 5.41) is 9.63. The van der Waals surface area contributed by atoms with Crippen LogP contribution < -0.4 is 4.72 Å². The number of hydrogen-bond donors (Lipinski definition) is 2. The van der Waals surface area contributed by atoms with Gasteiger partial charge in [-0.1, -0.05) is 23.7 Å². The molecule has 0 fully saturated rings. The Morgan fingerprint density at radius 3 is 2.30 bits per heavy atom. The highest BCUT2D eigenvalue weighted by atomic mass is 35.5. The maximum Gasteiger partial charge on any atom is 0.337 e. The third-order valence-corrected chi connectivity index (χ3v) is 5.15. The van der Waals surface area contributed by atoms with Crippen molar-refractivity contribution in [3.8, 4) is 0 Å². The van der Waals surface area contributed by atoms with E-state index in [9.17, 15) is 18.3 Å². The van der Waals surface area contributed by atoms with Gasteiger partial charge in [-0.15, -0.1) is 0 Å². The second-order valence-corrected chi connectivity index (χ2v) is 7.42. The topological polar surface area (TPSA) is 83.5 Å². The van der Waals surface area contributed by atoms with Gasteiger partial charge >= 0.3 is 5.97 Å². The van der Waals surface area contributed by atoms with E-state index in [2.05, 4.69) is 4.72 Å². The zero-order chi connectivity index (χ0) is 17.4. The molecule has 0 heterocycles. The summed E-state index contributed by atoms with van der Waals surface area (Å²) in [7, 11) is -3.94. The minimum absolute atomic E-state index is 0.0237. The molecule has 0 amide bonds. The van der Waals surface area contributed by atoms with Gasteiger partial charge in [0.1, 0.15) is 0 Å². The molecule has 0 radical (unpaired) electrons. The second-order valence-electron chi connectivity index (χ2n) is 5.33. The van der Waals surface area contributed by atoms with Crippen molar-refractivity contribution in [3.63, 3.8) is 0 Å². The van der Waals surface area contributed by atoms with Crippen LogP contribution in [0.25, 0.3) is 0 Å². The van der Waals surface area contributed by atoms with Crippen LogP contribution in [0.1, 0.15) is 27.0 Å². The van der Waals surface area contributed by atoms with E-state index in [1.807, 2.05) is 0 Å². The van der Waals surface area contributed by atoms with Crippen molar-refractivity contribution < 1.29 is 18.3 Å². The summed E-state index contributed by atoms with van der Waals surface area (Å²) in [6.07, 6.45) is 0. The van der Waals surface area contributed by atoms with Crippen molar-refractivity contribution in [2.45, 2.75) is 25.7 Å². The van der Waals surface area contributed by atoms with Gasteiger partial charge in [-0.3, -0.25) is 4.72 Å². The van der Waals surface area contributed by atoms with Crippen LogP contribution in [0.4, 0.5) is 5.69 Å². The molecular weight excluding hydrogens is 338 g/mol. The van der Waals surface area contributed by atoms with Crippen LogP contribution in [0, 0.1) is 20.8 Å². The van der Waals surface area contributed by atoms with Gasteiger partial charge in [-0.05, 0) is 55.7 Å². The summed E-state index contributed by atoms with van der Waals surface area (Å²) in [4.78, 5) is 11.4. The number of nitrogens with one attached hydrogen (secondary N) is 1. The molecule has 122 valence electrons. The number of aromatic carboxylic acids is 1. The van der Waals surface area contributed by atoms with Gasteiger partial charge < -0.3 is 5.11 Å². The SMILES string of the molecule is Cc1cc(C)c(NS(=O)(=O)c2ccc(C)c(Cl)c2)c(C(=O)O)c1. The van der Waals surface area contributed by atoms with E-state index in [1.165, 1.54) is 18.2 Å². The van der Waals surface area contributed by atoms with E-state index in [0.717, 1.165) is 11.1 Å². The van der Waals surface area contributed by atoms with E-state index in [0.29, 0.717) is 10.6 Å². The Morgan fingerprint density at radius 1 is 1.09 bits per heavy atom. The summed E-state index contributed by atoms with van der Waals surface area (Å²) in [6, 6.07) is 7.50. The molecule has 0 saturated heterocycles. The van der Waals surface area contributed by atoms with E-state index < -0.39 is 16.0 Å². The van der Waals surface area contributed by atoms with Crippen LogP contribution in [-0.2, 0) is 10.0 Å². The Morgan fingerprint density at radius 2 is 1.74 bits per heavy atom. The smallest absolute Gasteiger partial charge is 0.337 e. The fourth-order valence-electron chi connectivity index (χ4n) is 2.21. The summed E-state index contributed by atoms with van der Waals surface area (Å²) in [6.45, 7) is 5.16. The molecule has 0 atom stereocenters. The third kappa shape index (κ3) is 3.65. The van der Waals surface area contributed by atoms with Gasteiger partial charge in [0.15, 0.2) is 0 Å². The van der Waals surface area contributed by atoms with Crippen LogP contribution in [0.5, 0.6) is 0 Å². The van der Waals surface area contributed by atoms with Crippen molar-refractivity contribution in [1.82, 2.24) is 0 Å². The Balaban J connectivity index is 2.53. The van der Waals surface area contributed by atoms with Crippen LogP contribution in [0.15, 0.2) is 35.2 Å². The van der Waals surface area contributed by atoms with E-state index >= 15 is 0 Å². The first-order valence-corrected chi connectivity index (χ1v) is 8.61. The Bertz CT molecular complexity index is 891. The predicted molar refractivity (Wildman–Crippen MR) is 89.9 cm³/mol. The van der Waals surface area contributed by atoms with Gasteiger partial charge in [0.05, 0.1) is 16.1 Å². The van der Waals surface area contributed by atoms with Crippen LogP contribution >= 0.6 is 11.6 Å². The molecule has 0 spiro atoms. The van der Waals surface area contributed by atoms with Crippen LogP contribution in [0.2, 0.25) is 5.02 Å². The molecular formula is C16H16ClNO4S. The summed E-state index contributed by atoms with van der Waals surface area (Å²) >= 11 is 5.97. The molecule has 0 aromatic heterocycles. The molecule has 7 heteroatoms. The van der Waals surface area contributed by atoms with Crippen molar-refractivity contribution in [2.24, 2.45) is 0 Å². The third-order valence-electron chi connectivity index (χ3n) is 3.40. The first kappa shape index (κ1) is 17.3. The number of carboxylic acids is 1. The normalized spacial score (nSPS) is 11.3. The Kier molecular flexibility index (Phi) is 4.68. The lowest BCUT2D eigenvalue weighted by Gasteiger charge is -2.14. The minimum atomic E-state index is -3.94. The highest BCUT2D eigenvalue weighted by molar-refractivity contribution is 7.92. The second kappa shape index (κ2) is 6.22. The van der Waals surface area contributed by atoms with Crippen LogP contribution in [0.3, 0.4) is 0 Å². The molecule has 2 rings (SSSR count). The molecule has 2 N–H and O–H groups in total. The zero-order valence-corrected chi connectivity index (χ0v) is 14.4. The number of benzene rings is 2. The number of sulfonamides is 1. The molecule has 5 nitrogen and oxygen atoms in total. The lowest BCUT2D eigenvalue weighted by atomic mass is 10.0. The van der Waals surface area contributed by atoms with Crippen molar-refractivity contribution in [3.05, 3.63) is 57.6 Å². The van der Waals surface area contributed by atoms with Gasteiger partial charge in [0.25, 0.3) is 10.0 Å². The molecule has 23 heavy (non-hydrogen) atoms. The molecule has 0 aliphatic carbocycles. The number of halogens is 1. The largest absolute Gasteiger partial charge is 0.478 e. The highest BCUT2D eigenvalue weighted by Gasteiger charge is 2.21. The lowest BCUT2D eigenvalue weighted by Crippen LogP contribution is -2.17. The highest BCUT2D eigenvalue weighted by Crippen LogP contribution is 2.27. The van der Waals surface area contributed by atoms with E-state index in [1.54, 1.807) is 32.9 Å². The van der Waals surface area contributed by atoms with E-state index in [-0.39, 0.29) is 16.1 Å². The number of hydrogen-bond acceptors (Lipinski definition) is 3. The number of carbonyl (C=O) groups is 1.